The standard InChI is InChI=1S/C16H32N2/c1-16(2,3)14-8-10-18(11-9-14)12-15(17)13-6-4-5-7-13/h13-15H,4-12,17H2,1-3H3. The molecular formula is C16H32N2. The van der Waals surface area contributed by atoms with E-state index in [9.17, 15) is 0 Å². The van der Waals surface area contributed by atoms with Crippen LogP contribution in [0.5, 0.6) is 0 Å². The van der Waals surface area contributed by atoms with Crippen LogP contribution in [0.2, 0.25) is 0 Å². The lowest BCUT2D eigenvalue weighted by Gasteiger charge is -2.40. The largest absolute Gasteiger partial charge is 0.326 e. The van der Waals surface area contributed by atoms with Crippen LogP contribution in [0.4, 0.5) is 0 Å². The predicted molar refractivity (Wildman–Crippen MR) is 78.6 cm³/mol. The Morgan fingerprint density at radius 3 is 2.11 bits per heavy atom. The van der Waals surface area contributed by atoms with Gasteiger partial charge < -0.3 is 10.6 Å². The molecule has 0 aromatic heterocycles. The van der Waals surface area contributed by atoms with E-state index in [0.29, 0.717) is 11.5 Å². The predicted octanol–water partition coefficient (Wildman–Crippen LogP) is 3.26. The fraction of sp³-hybridized carbons (Fsp3) is 1.00. The highest BCUT2D eigenvalue weighted by Gasteiger charge is 2.30. The van der Waals surface area contributed by atoms with Crippen molar-refractivity contribution in [2.75, 3.05) is 19.6 Å². The summed E-state index contributed by atoms with van der Waals surface area (Å²) in [7, 11) is 0. The third kappa shape index (κ3) is 3.71. The Hall–Kier alpha value is -0.0800. The lowest BCUT2D eigenvalue weighted by molar-refractivity contribution is 0.103. The van der Waals surface area contributed by atoms with Crippen molar-refractivity contribution in [1.29, 1.82) is 0 Å². The van der Waals surface area contributed by atoms with Gasteiger partial charge in [0.2, 0.25) is 0 Å². The van der Waals surface area contributed by atoms with Crippen LogP contribution in [0.25, 0.3) is 0 Å². The topological polar surface area (TPSA) is 29.3 Å². The Morgan fingerprint density at radius 2 is 1.61 bits per heavy atom. The smallest absolute Gasteiger partial charge is 0.0196 e. The van der Waals surface area contributed by atoms with Crippen LogP contribution in [-0.2, 0) is 0 Å². The molecule has 2 fully saturated rings. The van der Waals surface area contributed by atoms with Crippen molar-refractivity contribution in [3.8, 4) is 0 Å². The maximum absolute atomic E-state index is 6.39. The van der Waals surface area contributed by atoms with Crippen molar-refractivity contribution in [1.82, 2.24) is 4.90 Å². The number of hydrogen-bond acceptors (Lipinski definition) is 2. The van der Waals surface area contributed by atoms with Gasteiger partial charge in [-0.05, 0) is 56.0 Å². The first-order valence-corrected chi connectivity index (χ1v) is 7.95. The lowest BCUT2D eigenvalue weighted by atomic mass is 9.75. The Labute approximate surface area is 113 Å². The summed E-state index contributed by atoms with van der Waals surface area (Å²) in [5, 5.41) is 0. The molecule has 2 aliphatic rings. The summed E-state index contributed by atoms with van der Waals surface area (Å²) in [6, 6.07) is 0.429. The van der Waals surface area contributed by atoms with E-state index in [1.807, 2.05) is 0 Å². The summed E-state index contributed by atoms with van der Waals surface area (Å²) in [6.45, 7) is 10.8. The number of likely N-dealkylation sites (tertiary alicyclic amines) is 1. The van der Waals surface area contributed by atoms with Crippen molar-refractivity contribution < 1.29 is 0 Å². The molecule has 106 valence electrons. The Balaban J connectivity index is 1.73. The first kappa shape index (κ1) is 14.3. The molecule has 1 heterocycles. The van der Waals surface area contributed by atoms with Crippen molar-refractivity contribution in [2.45, 2.75) is 65.3 Å². The van der Waals surface area contributed by atoms with Gasteiger partial charge in [0.15, 0.2) is 0 Å². The number of nitrogens with two attached hydrogens (primary N) is 1. The van der Waals surface area contributed by atoms with Crippen LogP contribution in [-0.4, -0.2) is 30.6 Å². The second kappa shape index (κ2) is 5.92. The summed E-state index contributed by atoms with van der Waals surface area (Å²) in [5.41, 5.74) is 6.87. The van der Waals surface area contributed by atoms with E-state index in [-0.39, 0.29) is 0 Å². The zero-order chi connectivity index (χ0) is 13.2. The van der Waals surface area contributed by atoms with Crippen LogP contribution in [0.3, 0.4) is 0 Å². The van der Waals surface area contributed by atoms with E-state index in [1.54, 1.807) is 0 Å². The molecule has 1 unspecified atom stereocenters. The molecule has 0 bridgehead atoms. The summed E-state index contributed by atoms with van der Waals surface area (Å²) >= 11 is 0. The van der Waals surface area contributed by atoms with Gasteiger partial charge in [0.1, 0.15) is 0 Å². The van der Waals surface area contributed by atoms with Gasteiger partial charge in [0.25, 0.3) is 0 Å². The molecule has 2 rings (SSSR count). The highest BCUT2D eigenvalue weighted by molar-refractivity contribution is 4.85. The fourth-order valence-corrected chi connectivity index (χ4v) is 3.81. The van der Waals surface area contributed by atoms with Gasteiger partial charge in [-0.15, -0.1) is 0 Å². The highest BCUT2D eigenvalue weighted by atomic mass is 15.1. The molecule has 2 nitrogen and oxygen atoms in total. The van der Waals surface area contributed by atoms with Crippen LogP contribution in [0.15, 0.2) is 0 Å². The summed E-state index contributed by atoms with van der Waals surface area (Å²) in [4.78, 5) is 2.62. The minimum atomic E-state index is 0.429. The van der Waals surface area contributed by atoms with Crippen LogP contribution in [0, 0.1) is 17.3 Å². The second-order valence-electron chi connectivity index (χ2n) is 7.65. The fourth-order valence-electron chi connectivity index (χ4n) is 3.81. The zero-order valence-electron chi connectivity index (χ0n) is 12.6. The quantitative estimate of drug-likeness (QED) is 0.835. The third-order valence-corrected chi connectivity index (χ3v) is 5.29. The van der Waals surface area contributed by atoms with Crippen LogP contribution < -0.4 is 5.73 Å². The maximum Gasteiger partial charge on any atom is 0.0196 e. The molecule has 1 saturated heterocycles. The van der Waals surface area contributed by atoms with Crippen molar-refractivity contribution in [2.24, 2.45) is 23.0 Å². The molecule has 1 aliphatic heterocycles. The van der Waals surface area contributed by atoms with Gasteiger partial charge >= 0.3 is 0 Å². The zero-order valence-corrected chi connectivity index (χ0v) is 12.6. The third-order valence-electron chi connectivity index (χ3n) is 5.29. The van der Waals surface area contributed by atoms with Crippen molar-refractivity contribution in [3.05, 3.63) is 0 Å². The van der Waals surface area contributed by atoms with Gasteiger partial charge in [-0.25, -0.2) is 0 Å². The van der Waals surface area contributed by atoms with E-state index in [2.05, 4.69) is 25.7 Å². The van der Waals surface area contributed by atoms with Gasteiger partial charge in [-0.2, -0.15) is 0 Å². The van der Waals surface area contributed by atoms with Gasteiger partial charge in [0, 0.05) is 12.6 Å². The molecule has 0 aromatic carbocycles. The van der Waals surface area contributed by atoms with E-state index < -0.39 is 0 Å². The number of rotatable bonds is 3. The Morgan fingerprint density at radius 1 is 1.06 bits per heavy atom. The second-order valence-corrected chi connectivity index (χ2v) is 7.65. The average molecular weight is 252 g/mol. The van der Waals surface area contributed by atoms with Gasteiger partial charge in [0.05, 0.1) is 0 Å². The van der Waals surface area contributed by atoms with Crippen LogP contribution >= 0.6 is 0 Å². The molecule has 1 aliphatic carbocycles. The SMILES string of the molecule is CC(C)(C)C1CCN(CC(N)C2CCCC2)CC1. The molecule has 1 saturated carbocycles. The minimum absolute atomic E-state index is 0.429. The highest BCUT2D eigenvalue weighted by Crippen LogP contribution is 2.34. The molecule has 0 spiro atoms. The summed E-state index contributed by atoms with van der Waals surface area (Å²) < 4.78 is 0. The van der Waals surface area contributed by atoms with E-state index in [0.717, 1.165) is 18.4 Å². The molecule has 0 aromatic rings. The van der Waals surface area contributed by atoms with Gasteiger partial charge in [-0.1, -0.05) is 33.6 Å². The first-order chi connectivity index (χ1) is 8.47. The average Bonchev–Trinajstić information content (AvgIpc) is 2.82. The number of nitrogens with zero attached hydrogens (tertiary/aromatic N) is 1. The summed E-state index contributed by atoms with van der Waals surface area (Å²) in [6.07, 6.45) is 8.29. The van der Waals surface area contributed by atoms with Crippen molar-refractivity contribution >= 4 is 0 Å². The molecule has 18 heavy (non-hydrogen) atoms. The molecule has 2 N–H and O–H groups in total. The normalized spacial score (nSPS) is 26.7. The molecule has 0 amide bonds. The maximum atomic E-state index is 6.39. The minimum Gasteiger partial charge on any atom is -0.326 e. The molecule has 2 heteroatoms. The van der Waals surface area contributed by atoms with Gasteiger partial charge in [-0.3, -0.25) is 0 Å². The van der Waals surface area contributed by atoms with E-state index in [1.165, 1.54) is 51.6 Å². The van der Waals surface area contributed by atoms with Crippen LogP contribution in [0.1, 0.15) is 59.3 Å². The molecule has 1 atom stereocenters. The molecular weight excluding hydrogens is 220 g/mol. The van der Waals surface area contributed by atoms with E-state index >= 15 is 0 Å². The number of piperidine rings is 1. The lowest BCUT2D eigenvalue weighted by Crippen LogP contribution is -2.46. The monoisotopic (exact) mass is 252 g/mol. The van der Waals surface area contributed by atoms with E-state index in [4.69, 9.17) is 5.73 Å². The Kier molecular flexibility index (Phi) is 4.71. The Bertz CT molecular complexity index is 242. The first-order valence-electron chi connectivity index (χ1n) is 7.95. The summed E-state index contributed by atoms with van der Waals surface area (Å²) in [5.74, 6) is 1.71. The van der Waals surface area contributed by atoms with Crippen molar-refractivity contribution in [3.63, 3.8) is 0 Å². The number of hydrogen-bond donors (Lipinski definition) is 1. The molecule has 0 radical (unpaired) electrons.